The average molecular weight is 333 g/mol. The molecule has 0 aliphatic carbocycles. The Kier molecular flexibility index (Phi) is 5.68. The first kappa shape index (κ1) is 15.8. The maximum atomic E-state index is 11.9. The van der Waals surface area contributed by atoms with Crippen molar-refractivity contribution in [3.05, 3.63) is 11.6 Å². The SMILES string of the molecule is COC(=O)C1=NC(Br)N(CC=C(C)C)C1C(=O)OC. The van der Waals surface area contributed by atoms with E-state index < -0.39 is 23.1 Å². The lowest BCUT2D eigenvalue weighted by molar-refractivity contribution is -0.145. The second-order valence-corrected chi connectivity index (χ2v) is 5.04. The third-order valence-corrected chi connectivity index (χ3v) is 3.37. The number of hydrogen-bond donors (Lipinski definition) is 0. The van der Waals surface area contributed by atoms with Gasteiger partial charge in [-0.2, -0.15) is 0 Å². The number of hydrogen-bond acceptors (Lipinski definition) is 6. The zero-order valence-corrected chi connectivity index (χ0v) is 12.9. The molecule has 1 aliphatic heterocycles. The van der Waals surface area contributed by atoms with Crippen LogP contribution in [0.15, 0.2) is 16.6 Å². The van der Waals surface area contributed by atoms with Crippen molar-refractivity contribution in [1.82, 2.24) is 4.90 Å². The molecule has 0 fully saturated rings. The van der Waals surface area contributed by atoms with E-state index in [9.17, 15) is 9.59 Å². The van der Waals surface area contributed by atoms with E-state index in [2.05, 4.69) is 25.7 Å². The van der Waals surface area contributed by atoms with Crippen LogP contribution in [0.3, 0.4) is 0 Å². The van der Waals surface area contributed by atoms with Crippen LogP contribution in [0.1, 0.15) is 13.8 Å². The van der Waals surface area contributed by atoms with E-state index in [-0.39, 0.29) is 5.71 Å². The molecule has 106 valence electrons. The average Bonchev–Trinajstić information content (AvgIpc) is 2.71. The van der Waals surface area contributed by atoms with Crippen LogP contribution in [0, 0.1) is 0 Å². The predicted molar refractivity (Wildman–Crippen MR) is 74.1 cm³/mol. The molecule has 2 unspecified atom stereocenters. The van der Waals surface area contributed by atoms with Crippen molar-refractivity contribution >= 4 is 33.6 Å². The lowest BCUT2D eigenvalue weighted by Gasteiger charge is -2.23. The summed E-state index contributed by atoms with van der Waals surface area (Å²) in [5.41, 5.74) is 1.16. The smallest absolute Gasteiger partial charge is 0.354 e. The maximum absolute atomic E-state index is 11.9. The first-order valence-corrected chi connectivity index (χ1v) is 6.61. The number of allylic oxidation sites excluding steroid dienone is 1. The number of esters is 2. The van der Waals surface area contributed by atoms with Crippen LogP contribution < -0.4 is 0 Å². The fraction of sp³-hybridized carbons (Fsp3) is 0.583. The van der Waals surface area contributed by atoms with Gasteiger partial charge >= 0.3 is 11.9 Å². The highest BCUT2D eigenvalue weighted by Gasteiger charge is 2.43. The number of rotatable bonds is 4. The molecule has 0 aromatic carbocycles. The van der Waals surface area contributed by atoms with E-state index in [1.807, 2.05) is 19.9 Å². The van der Waals surface area contributed by atoms with E-state index in [0.29, 0.717) is 6.54 Å². The van der Waals surface area contributed by atoms with Crippen molar-refractivity contribution in [3.63, 3.8) is 0 Å². The second kappa shape index (κ2) is 6.81. The van der Waals surface area contributed by atoms with Crippen molar-refractivity contribution in [1.29, 1.82) is 0 Å². The third kappa shape index (κ3) is 3.63. The molecule has 0 bridgehead atoms. The first-order valence-electron chi connectivity index (χ1n) is 5.69. The molecule has 1 heterocycles. The van der Waals surface area contributed by atoms with Crippen molar-refractivity contribution in [2.24, 2.45) is 4.99 Å². The van der Waals surface area contributed by atoms with Crippen LogP contribution in [0.5, 0.6) is 0 Å². The Hall–Kier alpha value is -1.21. The zero-order chi connectivity index (χ0) is 14.6. The minimum Gasteiger partial charge on any atom is -0.468 e. The molecule has 0 amide bonds. The summed E-state index contributed by atoms with van der Waals surface area (Å²) >= 11 is 3.32. The number of carbonyl (C=O) groups excluding carboxylic acids is 2. The number of aliphatic imine (C=N–C) groups is 1. The molecule has 1 aliphatic rings. The first-order chi connectivity index (χ1) is 8.92. The van der Waals surface area contributed by atoms with Crippen molar-refractivity contribution < 1.29 is 19.1 Å². The van der Waals surface area contributed by atoms with Gasteiger partial charge in [-0.1, -0.05) is 11.6 Å². The summed E-state index contributed by atoms with van der Waals surface area (Å²) in [6.45, 7) is 4.38. The van der Waals surface area contributed by atoms with Gasteiger partial charge in [0.25, 0.3) is 0 Å². The molecule has 6 nitrogen and oxygen atoms in total. The Morgan fingerprint density at radius 1 is 1.37 bits per heavy atom. The summed E-state index contributed by atoms with van der Waals surface area (Å²) < 4.78 is 9.37. The van der Waals surface area contributed by atoms with Gasteiger partial charge in [-0.05, 0) is 29.8 Å². The molecule has 0 saturated heterocycles. The van der Waals surface area contributed by atoms with Crippen LogP contribution in [-0.2, 0) is 19.1 Å². The second-order valence-electron chi connectivity index (χ2n) is 4.22. The molecule has 0 spiro atoms. The Bertz CT molecular complexity index is 429. The van der Waals surface area contributed by atoms with Gasteiger partial charge in [0.2, 0.25) is 0 Å². The fourth-order valence-corrected chi connectivity index (χ4v) is 2.27. The molecule has 2 atom stereocenters. The summed E-state index contributed by atoms with van der Waals surface area (Å²) in [5.74, 6) is -1.16. The van der Waals surface area contributed by atoms with Gasteiger partial charge in [-0.25, -0.2) is 14.6 Å². The standard InChI is InChI=1S/C12H17BrN2O4/c1-7(2)5-6-15-9(11(17)19-4)8(10(16)18-3)14-12(15)13/h5,9,12H,6H2,1-4H3. The molecule has 7 heteroatoms. The van der Waals surface area contributed by atoms with Crippen molar-refractivity contribution in [2.45, 2.75) is 25.0 Å². The van der Waals surface area contributed by atoms with E-state index in [0.717, 1.165) is 5.57 Å². The van der Waals surface area contributed by atoms with Crippen LogP contribution in [-0.4, -0.2) is 54.4 Å². The van der Waals surface area contributed by atoms with Gasteiger partial charge in [0.15, 0.2) is 16.8 Å². The van der Waals surface area contributed by atoms with Gasteiger partial charge in [-0.3, -0.25) is 4.90 Å². The van der Waals surface area contributed by atoms with Gasteiger partial charge in [0.05, 0.1) is 14.2 Å². The topological polar surface area (TPSA) is 68.2 Å². The largest absolute Gasteiger partial charge is 0.468 e. The summed E-state index contributed by atoms with van der Waals surface area (Å²) in [4.78, 5) is 29.3. The third-order valence-electron chi connectivity index (χ3n) is 2.64. The Morgan fingerprint density at radius 3 is 2.47 bits per heavy atom. The molecular formula is C12H17BrN2O4. The lowest BCUT2D eigenvalue weighted by Crippen LogP contribution is -2.47. The monoisotopic (exact) mass is 332 g/mol. The molecule has 0 saturated carbocycles. The van der Waals surface area contributed by atoms with Gasteiger partial charge in [-0.15, -0.1) is 0 Å². The molecule has 0 N–H and O–H groups in total. The molecule has 19 heavy (non-hydrogen) atoms. The molecule has 1 rings (SSSR count). The van der Waals surface area contributed by atoms with Crippen LogP contribution >= 0.6 is 15.9 Å². The molecule has 0 radical (unpaired) electrons. The number of alkyl halides is 1. The quantitative estimate of drug-likeness (QED) is 0.334. The number of ether oxygens (including phenoxy) is 2. The normalized spacial score (nSPS) is 22.7. The van der Waals surface area contributed by atoms with E-state index in [1.165, 1.54) is 14.2 Å². The summed E-state index contributed by atoms with van der Waals surface area (Å²) in [7, 11) is 2.53. The highest BCUT2D eigenvalue weighted by molar-refractivity contribution is 9.09. The predicted octanol–water partition coefficient (Wildman–Crippen LogP) is 1.10. The minimum atomic E-state index is -0.850. The number of halogens is 1. The summed E-state index contributed by atoms with van der Waals surface area (Å²) in [6.07, 6.45) is 1.94. The van der Waals surface area contributed by atoms with Gasteiger partial charge in [0.1, 0.15) is 0 Å². The fourth-order valence-electron chi connectivity index (χ4n) is 1.65. The molecule has 0 aromatic heterocycles. The van der Waals surface area contributed by atoms with Crippen molar-refractivity contribution in [2.75, 3.05) is 20.8 Å². The minimum absolute atomic E-state index is 0.0541. The Balaban J connectivity index is 3.02. The summed E-state index contributed by atoms with van der Waals surface area (Å²) in [6, 6.07) is -0.850. The Morgan fingerprint density at radius 2 is 2.00 bits per heavy atom. The van der Waals surface area contributed by atoms with Crippen LogP contribution in [0.25, 0.3) is 0 Å². The van der Waals surface area contributed by atoms with E-state index in [4.69, 9.17) is 4.74 Å². The van der Waals surface area contributed by atoms with Crippen molar-refractivity contribution in [3.8, 4) is 0 Å². The maximum Gasteiger partial charge on any atom is 0.354 e. The molecular weight excluding hydrogens is 316 g/mol. The van der Waals surface area contributed by atoms with Crippen LogP contribution in [0.2, 0.25) is 0 Å². The van der Waals surface area contributed by atoms with Gasteiger partial charge < -0.3 is 9.47 Å². The van der Waals surface area contributed by atoms with E-state index in [1.54, 1.807) is 4.90 Å². The summed E-state index contributed by atoms with van der Waals surface area (Å²) in [5, 5.41) is -0.457. The highest BCUT2D eigenvalue weighted by Crippen LogP contribution is 2.24. The van der Waals surface area contributed by atoms with Crippen LogP contribution in [0.4, 0.5) is 0 Å². The van der Waals surface area contributed by atoms with E-state index >= 15 is 0 Å². The Labute approximate surface area is 120 Å². The number of carbonyl (C=O) groups is 2. The number of methoxy groups -OCH3 is 2. The number of nitrogens with zero attached hydrogens (tertiary/aromatic N) is 2. The lowest BCUT2D eigenvalue weighted by atomic mass is 10.1. The van der Waals surface area contributed by atoms with Gasteiger partial charge in [0, 0.05) is 6.54 Å². The highest BCUT2D eigenvalue weighted by atomic mass is 79.9. The molecule has 0 aromatic rings. The zero-order valence-electron chi connectivity index (χ0n) is 11.3.